The lowest BCUT2D eigenvalue weighted by atomic mass is 10.1. The summed E-state index contributed by atoms with van der Waals surface area (Å²) in [6, 6.07) is 1.85. The van der Waals surface area contributed by atoms with Crippen LogP contribution in [0.5, 0.6) is 0 Å². The van der Waals surface area contributed by atoms with Crippen molar-refractivity contribution in [2.75, 3.05) is 0 Å². The first-order chi connectivity index (χ1) is 6.16. The quantitative estimate of drug-likeness (QED) is 0.685. The Morgan fingerprint density at radius 3 is 3.00 bits per heavy atom. The zero-order valence-electron chi connectivity index (χ0n) is 7.22. The van der Waals surface area contributed by atoms with Gasteiger partial charge in [0.1, 0.15) is 0 Å². The molecule has 13 heavy (non-hydrogen) atoms. The highest BCUT2D eigenvalue weighted by Crippen LogP contribution is 2.13. The molecule has 0 aromatic carbocycles. The first-order valence-corrected chi connectivity index (χ1v) is 3.91. The second-order valence-electron chi connectivity index (χ2n) is 2.98. The van der Waals surface area contributed by atoms with Crippen molar-refractivity contribution in [3.63, 3.8) is 0 Å². The molecule has 2 aromatic heterocycles. The molecule has 0 atom stereocenters. The van der Waals surface area contributed by atoms with E-state index in [0.29, 0.717) is 11.2 Å². The van der Waals surface area contributed by atoms with Gasteiger partial charge in [-0.25, -0.2) is 9.78 Å². The zero-order valence-corrected chi connectivity index (χ0v) is 7.22. The van der Waals surface area contributed by atoms with Gasteiger partial charge in [0.2, 0.25) is 0 Å². The van der Waals surface area contributed by atoms with Gasteiger partial charge in [0.15, 0.2) is 5.65 Å². The number of imidazole rings is 1. The molecule has 2 aromatic rings. The lowest BCUT2D eigenvalue weighted by molar-refractivity contribution is 1.20. The minimum Gasteiger partial charge on any atom is -0.304 e. The van der Waals surface area contributed by atoms with Crippen LogP contribution in [0.1, 0.15) is 12.5 Å². The van der Waals surface area contributed by atoms with Gasteiger partial charge < -0.3 is 4.98 Å². The van der Waals surface area contributed by atoms with Crippen LogP contribution in [0, 0.1) is 0 Å². The second-order valence-corrected chi connectivity index (χ2v) is 2.98. The van der Waals surface area contributed by atoms with E-state index < -0.39 is 0 Å². The Balaban J connectivity index is 2.74. The van der Waals surface area contributed by atoms with Gasteiger partial charge in [0, 0.05) is 6.20 Å². The fourth-order valence-electron chi connectivity index (χ4n) is 1.15. The van der Waals surface area contributed by atoms with Gasteiger partial charge in [-0.15, -0.1) is 0 Å². The smallest absolute Gasteiger partial charge is 0.304 e. The highest BCUT2D eigenvalue weighted by Gasteiger charge is 2.00. The summed E-state index contributed by atoms with van der Waals surface area (Å²) in [4.78, 5) is 20.2. The molecule has 0 saturated heterocycles. The lowest BCUT2D eigenvalue weighted by Crippen LogP contribution is -1.99. The molecule has 4 nitrogen and oxygen atoms in total. The number of aromatic amines is 2. The van der Waals surface area contributed by atoms with Crippen LogP contribution in [0.25, 0.3) is 16.7 Å². The molecule has 0 aliphatic heterocycles. The molecule has 0 aliphatic carbocycles. The summed E-state index contributed by atoms with van der Waals surface area (Å²) in [5.41, 5.74) is 2.92. The second kappa shape index (κ2) is 2.58. The van der Waals surface area contributed by atoms with E-state index in [0.717, 1.165) is 11.1 Å². The van der Waals surface area contributed by atoms with E-state index in [4.69, 9.17) is 0 Å². The molecule has 0 bridgehead atoms. The molecule has 2 heterocycles. The maximum absolute atomic E-state index is 10.9. The molecule has 0 spiro atoms. The Hall–Kier alpha value is -1.84. The standard InChI is InChI=1S/C9H9N3O/c1-5(2)6-3-7-8(10-4-6)12-9(13)11-7/h3-4H,1H2,2H3,(H2,10,11,12,13). The Kier molecular flexibility index (Phi) is 1.55. The molecule has 0 unspecified atom stereocenters. The molecule has 0 amide bonds. The van der Waals surface area contributed by atoms with Crippen LogP contribution in [-0.2, 0) is 0 Å². The van der Waals surface area contributed by atoms with Crippen LogP contribution in [-0.4, -0.2) is 15.0 Å². The maximum Gasteiger partial charge on any atom is 0.325 e. The largest absolute Gasteiger partial charge is 0.325 e. The number of nitrogens with zero attached hydrogens (tertiary/aromatic N) is 1. The van der Waals surface area contributed by atoms with Crippen molar-refractivity contribution < 1.29 is 0 Å². The lowest BCUT2D eigenvalue weighted by Gasteiger charge is -1.96. The van der Waals surface area contributed by atoms with Crippen molar-refractivity contribution in [2.45, 2.75) is 6.92 Å². The highest BCUT2D eigenvalue weighted by molar-refractivity contribution is 5.75. The van der Waals surface area contributed by atoms with Crippen LogP contribution < -0.4 is 5.69 Å². The van der Waals surface area contributed by atoms with Crippen molar-refractivity contribution in [3.05, 3.63) is 34.9 Å². The molecule has 0 fully saturated rings. The van der Waals surface area contributed by atoms with Gasteiger partial charge in [-0.3, -0.25) is 4.98 Å². The van der Waals surface area contributed by atoms with Crippen molar-refractivity contribution in [3.8, 4) is 0 Å². The minimum atomic E-state index is -0.235. The zero-order chi connectivity index (χ0) is 9.42. The summed E-state index contributed by atoms with van der Waals surface area (Å²) in [5, 5.41) is 0. The van der Waals surface area contributed by atoms with E-state index in [1.165, 1.54) is 0 Å². The van der Waals surface area contributed by atoms with Crippen molar-refractivity contribution in [2.24, 2.45) is 0 Å². The van der Waals surface area contributed by atoms with Gasteiger partial charge in [0.05, 0.1) is 5.52 Å². The van der Waals surface area contributed by atoms with Crippen LogP contribution >= 0.6 is 0 Å². The first-order valence-electron chi connectivity index (χ1n) is 3.91. The van der Waals surface area contributed by atoms with Gasteiger partial charge in [0.25, 0.3) is 0 Å². The molecular formula is C9H9N3O. The predicted molar refractivity (Wildman–Crippen MR) is 51.4 cm³/mol. The third-order valence-corrected chi connectivity index (χ3v) is 1.86. The summed E-state index contributed by atoms with van der Waals surface area (Å²) in [6.45, 7) is 5.69. The summed E-state index contributed by atoms with van der Waals surface area (Å²) in [7, 11) is 0. The average molecular weight is 175 g/mol. The Labute approximate surface area is 74.3 Å². The summed E-state index contributed by atoms with van der Waals surface area (Å²) >= 11 is 0. The molecular weight excluding hydrogens is 166 g/mol. The van der Waals surface area contributed by atoms with E-state index in [-0.39, 0.29) is 5.69 Å². The molecule has 0 saturated carbocycles. The number of hydrogen-bond acceptors (Lipinski definition) is 2. The number of fused-ring (bicyclic) bond motifs is 1. The van der Waals surface area contributed by atoms with Crippen LogP contribution in [0.15, 0.2) is 23.6 Å². The monoisotopic (exact) mass is 175 g/mol. The average Bonchev–Trinajstić information content (AvgIpc) is 2.42. The summed E-state index contributed by atoms with van der Waals surface area (Å²) in [6.07, 6.45) is 1.69. The molecule has 4 heteroatoms. The van der Waals surface area contributed by atoms with Crippen LogP contribution in [0.3, 0.4) is 0 Å². The predicted octanol–water partition coefficient (Wildman–Crippen LogP) is 1.28. The van der Waals surface area contributed by atoms with E-state index in [1.807, 2.05) is 13.0 Å². The van der Waals surface area contributed by atoms with Crippen molar-refractivity contribution >= 4 is 16.7 Å². The van der Waals surface area contributed by atoms with Crippen molar-refractivity contribution in [1.29, 1.82) is 0 Å². The van der Waals surface area contributed by atoms with E-state index in [9.17, 15) is 4.79 Å². The maximum atomic E-state index is 10.9. The van der Waals surface area contributed by atoms with Gasteiger partial charge in [-0.1, -0.05) is 6.58 Å². The van der Waals surface area contributed by atoms with Crippen LogP contribution in [0.2, 0.25) is 0 Å². The number of hydrogen-bond donors (Lipinski definition) is 2. The highest BCUT2D eigenvalue weighted by atomic mass is 16.1. The number of nitrogens with one attached hydrogen (secondary N) is 2. The van der Waals surface area contributed by atoms with Crippen molar-refractivity contribution in [1.82, 2.24) is 15.0 Å². The van der Waals surface area contributed by atoms with E-state index >= 15 is 0 Å². The third kappa shape index (κ3) is 1.26. The number of allylic oxidation sites excluding steroid dienone is 1. The van der Waals surface area contributed by atoms with Gasteiger partial charge in [-0.2, -0.15) is 0 Å². The molecule has 66 valence electrons. The number of rotatable bonds is 1. The topological polar surface area (TPSA) is 61.5 Å². The third-order valence-electron chi connectivity index (χ3n) is 1.86. The number of pyridine rings is 1. The van der Waals surface area contributed by atoms with Gasteiger partial charge in [-0.05, 0) is 24.1 Å². The van der Waals surface area contributed by atoms with E-state index in [1.54, 1.807) is 6.20 Å². The fourth-order valence-corrected chi connectivity index (χ4v) is 1.15. The first kappa shape index (κ1) is 7.79. The van der Waals surface area contributed by atoms with Crippen LogP contribution in [0.4, 0.5) is 0 Å². The minimum absolute atomic E-state index is 0.235. The summed E-state index contributed by atoms with van der Waals surface area (Å²) < 4.78 is 0. The Bertz CT molecular complexity index is 521. The Morgan fingerprint density at radius 2 is 2.31 bits per heavy atom. The molecule has 0 aliphatic rings. The fraction of sp³-hybridized carbons (Fsp3) is 0.111. The normalized spacial score (nSPS) is 10.5. The molecule has 0 radical (unpaired) electrons. The van der Waals surface area contributed by atoms with Gasteiger partial charge >= 0.3 is 5.69 Å². The molecule has 2 N–H and O–H groups in total. The SMILES string of the molecule is C=C(C)c1cnc2[nH]c(=O)[nH]c2c1. The van der Waals surface area contributed by atoms with E-state index in [2.05, 4.69) is 21.5 Å². The summed E-state index contributed by atoms with van der Waals surface area (Å²) in [5.74, 6) is 0. The number of aromatic nitrogens is 3. The Morgan fingerprint density at radius 1 is 1.54 bits per heavy atom. The number of H-pyrrole nitrogens is 2. The molecule has 2 rings (SSSR count).